The predicted octanol–water partition coefficient (Wildman–Crippen LogP) is 4.77. The predicted molar refractivity (Wildman–Crippen MR) is 109 cm³/mol. The lowest BCUT2D eigenvalue weighted by Gasteiger charge is -2.18. The Kier molecular flexibility index (Phi) is 5.43. The lowest BCUT2D eigenvalue weighted by atomic mass is 9.88. The standard InChI is InChI=1S/C23H24N2O4/c1-14-8-10-15(11-9-14)24-16-4-2-5-18(26)22(16)20(28)13-12-17-23-19(27)6-3-7-21(23)29-25-17/h8-11,28H,2-7,12-13H2,1H3/b22-20+,24-16?. The molecular weight excluding hydrogens is 368 g/mol. The maximum absolute atomic E-state index is 12.5. The van der Waals surface area contributed by atoms with E-state index in [9.17, 15) is 14.7 Å². The molecule has 150 valence electrons. The third-order valence-electron chi connectivity index (χ3n) is 5.49. The lowest BCUT2D eigenvalue weighted by molar-refractivity contribution is -0.115. The van der Waals surface area contributed by atoms with Crippen molar-refractivity contribution in [3.05, 3.63) is 58.2 Å². The van der Waals surface area contributed by atoms with Crippen LogP contribution in [-0.4, -0.2) is 27.5 Å². The van der Waals surface area contributed by atoms with Crippen LogP contribution in [0.2, 0.25) is 0 Å². The van der Waals surface area contributed by atoms with Gasteiger partial charge in [0.1, 0.15) is 11.5 Å². The molecule has 2 aliphatic carbocycles. The van der Waals surface area contributed by atoms with Crippen LogP contribution in [0.3, 0.4) is 0 Å². The molecular formula is C23H24N2O4. The van der Waals surface area contributed by atoms with Crippen LogP contribution in [0.25, 0.3) is 0 Å². The van der Waals surface area contributed by atoms with Crippen LogP contribution in [0.5, 0.6) is 0 Å². The minimum absolute atomic E-state index is 0.0144. The molecule has 0 saturated heterocycles. The number of ketones is 2. The number of aliphatic imine (C=N–C) groups is 1. The molecule has 1 fully saturated rings. The van der Waals surface area contributed by atoms with Crippen molar-refractivity contribution >= 4 is 23.0 Å². The molecule has 0 spiro atoms. The van der Waals surface area contributed by atoms with E-state index in [1.54, 1.807) is 0 Å². The first-order chi connectivity index (χ1) is 14.0. The number of aromatic nitrogens is 1. The van der Waals surface area contributed by atoms with Gasteiger partial charge in [0.2, 0.25) is 0 Å². The summed E-state index contributed by atoms with van der Waals surface area (Å²) >= 11 is 0. The monoisotopic (exact) mass is 392 g/mol. The Hall–Kier alpha value is -3.02. The summed E-state index contributed by atoms with van der Waals surface area (Å²) in [5.74, 6) is 0.613. The number of hydrogen-bond acceptors (Lipinski definition) is 6. The number of fused-ring (bicyclic) bond motifs is 1. The third kappa shape index (κ3) is 4.06. The number of aliphatic hydroxyl groups is 1. The van der Waals surface area contributed by atoms with Crippen LogP contribution in [-0.2, 0) is 17.6 Å². The summed E-state index contributed by atoms with van der Waals surface area (Å²) in [5.41, 5.74) is 3.98. The van der Waals surface area contributed by atoms with Crippen LogP contribution in [0.1, 0.15) is 65.9 Å². The number of carbonyl (C=O) groups is 2. The number of aryl methyl sites for hydroxylation is 3. The highest BCUT2D eigenvalue weighted by atomic mass is 16.5. The zero-order valence-electron chi connectivity index (χ0n) is 16.5. The van der Waals surface area contributed by atoms with Crippen molar-refractivity contribution < 1.29 is 19.2 Å². The lowest BCUT2D eigenvalue weighted by Crippen LogP contribution is -2.21. The molecule has 0 amide bonds. The van der Waals surface area contributed by atoms with Crippen molar-refractivity contribution in [3.63, 3.8) is 0 Å². The van der Waals surface area contributed by atoms with Gasteiger partial charge in [-0.25, -0.2) is 0 Å². The summed E-state index contributed by atoms with van der Waals surface area (Å²) in [6.07, 6.45) is 4.36. The van der Waals surface area contributed by atoms with Crippen LogP contribution >= 0.6 is 0 Å². The summed E-state index contributed by atoms with van der Waals surface area (Å²) < 4.78 is 5.31. The maximum Gasteiger partial charge on any atom is 0.168 e. The second kappa shape index (κ2) is 8.15. The number of allylic oxidation sites excluding steroid dienone is 2. The fraction of sp³-hybridized carbons (Fsp3) is 0.391. The van der Waals surface area contributed by atoms with Crippen LogP contribution in [0.4, 0.5) is 5.69 Å². The molecule has 2 aliphatic rings. The van der Waals surface area contributed by atoms with Crippen molar-refractivity contribution in [2.75, 3.05) is 0 Å². The zero-order chi connectivity index (χ0) is 20.4. The average molecular weight is 392 g/mol. The molecule has 1 saturated carbocycles. The molecule has 1 N–H and O–H groups in total. The highest BCUT2D eigenvalue weighted by Gasteiger charge is 2.28. The summed E-state index contributed by atoms with van der Waals surface area (Å²) in [4.78, 5) is 29.4. The van der Waals surface area contributed by atoms with Gasteiger partial charge in [0.05, 0.1) is 28.2 Å². The topological polar surface area (TPSA) is 92.8 Å². The number of rotatable bonds is 4. The second-order valence-electron chi connectivity index (χ2n) is 7.70. The Morgan fingerprint density at radius 3 is 2.59 bits per heavy atom. The van der Waals surface area contributed by atoms with Crippen molar-refractivity contribution in [2.24, 2.45) is 4.99 Å². The zero-order valence-corrected chi connectivity index (χ0v) is 16.5. The summed E-state index contributed by atoms with van der Waals surface area (Å²) in [6, 6.07) is 7.75. The van der Waals surface area contributed by atoms with Crippen molar-refractivity contribution in [2.45, 2.75) is 58.3 Å². The van der Waals surface area contributed by atoms with Gasteiger partial charge in [-0.1, -0.05) is 22.9 Å². The highest BCUT2D eigenvalue weighted by molar-refractivity contribution is 6.24. The van der Waals surface area contributed by atoms with Gasteiger partial charge in [0, 0.05) is 32.1 Å². The third-order valence-corrected chi connectivity index (χ3v) is 5.49. The van der Waals surface area contributed by atoms with E-state index in [-0.39, 0.29) is 23.7 Å². The second-order valence-corrected chi connectivity index (χ2v) is 7.70. The number of Topliss-reactive ketones (excluding diaryl/α,β-unsaturated/α-hetero) is 2. The molecule has 2 aromatic rings. The normalized spacial score (nSPS) is 20.1. The molecule has 4 rings (SSSR count). The molecule has 29 heavy (non-hydrogen) atoms. The van der Waals surface area contributed by atoms with E-state index in [0.29, 0.717) is 60.4 Å². The van der Waals surface area contributed by atoms with Gasteiger partial charge in [0.15, 0.2) is 11.6 Å². The van der Waals surface area contributed by atoms with Gasteiger partial charge in [-0.3, -0.25) is 14.6 Å². The first kappa shape index (κ1) is 19.3. The van der Waals surface area contributed by atoms with Crippen LogP contribution < -0.4 is 0 Å². The van der Waals surface area contributed by atoms with E-state index < -0.39 is 0 Å². The van der Waals surface area contributed by atoms with Gasteiger partial charge in [-0.05, 0) is 38.3 Å². The number of nitrogens with zero attached hydrogens (tertiary/aromatic N) is 2. The van der Waals surface area contributed by atoms with Crippen LogP contribution in [0.15, 0.2) is 45.1 Å². The van der Waals surface area contributed by atoms with E-state index in [1.165, 1.54) is 0 Å². The van der Waals surface area contributed by atoms with Crippen molar-refractivity contribution in [1.29, 1.82) is 0 Å². The van der Waals surface area contributed by atoms with Crippen molar-refractivity contribution in [1.82, 2.24) is 5.16 Å². The Morgan fingerprint density at radius 1 is 1.07 bits per heavy atom. The van der Waals surface area contributed by atoms with E-state index in [0.717, 1.165) is 24.1 Å². The summed E-state index contributed by atoms with van der Waals surface area (Å²) in [5, 5.41) is 14.8. The van der Waals surface area contributed by atoms with Gasteiger partial charge in [0.25, 0.3) is 0 Å². The largest absolute Gasteiger partial charge is 0.511 e. The molecule has 0 unspecified atom stereocenters. The Labute approximate surface area is 169 Å². The molecule has 1 aromatic heterocycles. The van der Waals surface area contributed by atoms with E-state index in [4.69, 9.17) is 4.52 Å². The molecule has 1 heterocycles. The highest BCUT2D eigenvalue weighted by Crippen LogP contribution is 2.28. The molecule has 0 bridgehead atoms. The fourth-order valence-electron chi connectivity index (χ4n) is 3.96. The molecule has 0 radical (unpaired) electrons. The van der Waals surface area contributed by atoms with Crippen LogP contribution in [0, 0.1) is 6.92 Å². The molecule has 6 nitrogen and oxygen atoms in total. The fourth-order valence-corrected chi connectivity index (χ4v) is 3.96. The molecule has 0 aliphatic heterocycles. The minimum Gasteiger partial charge on any atom is -0.511 e. The number of hydrogen-bond donors (Lipinski definition) is 1. The molecule has 0 atom stereocenters. The van der Waals surface area contributed by atoms with E-state index in [2.05, 4.69) is 10.1 Å². The quantitative estimate of drug-likeness (QED) is 0.597. The average Bonchev–Trinajstić information content (AvgIpc) is 3.12. The van der Waals surface area contributed by atoms with Gasteiger partial charge in [-0.15, -0.1) is 0 Å². The first-order valence-electron chi connectivity index (χ1n) is 10.1. The molecule has 6 heteroatoms. The SMILES string of the molecule is Cc1ccc(N=C2CCCC(=O)/C2=C(/O)CCc2noc3c2C(=O)CCC3)cc1. The number of benzene rings is 1. The summed E-state index contributed by atoms with van der Waals surface area (Å²) in [7, 11) is 0. The maximum atomic E-state index is 12.5. The number of aliphatic hydroxyl groups excluding tert-OH is 1. The van der Waals surface area contributed by atoms with E-state index in [1.807, 2.05) is 31.2 Å². The summed E-state index contributed by atoms with van der Waals surface area (Å²) in [6.45, 7) is 2.01. The van der Waals surface area contributed by atoms with Gasteiger partial charge >= 0.3 is 0 Å². The Bertz CT molecular complexity index is 1010. The van der Waals surface area contributed by atoms with Gasteiger partial charge in [-0.2, -0.15) is 0 Å². The smallest absolute Gasteiger partial charge is 0.168 e. The first-order valence-corrected chi connectivity index (χ1v) is 10.1. The van der Waals surface area contributed by atoms with Crippen molar-refractivity contribution in [3.8, 4) is 0 Å². The Morgan fingerprint density at radius 2 is 1.79 bits per heavy atom. The number of carbonyl (C=O) groups excluding carboxylic acids is 2. The van der Waals surface area contributed by atoms with E-state index >= 15 is 0 Å². The Balaban J connectivity index is 1.59. The van der Waals surface area contributed by atoms with Gasteiger partial charge < -0.3 is 9.63 Å². The molecule has 1 aromatic carbocycles. The minimum atomic E-state index is -0.0853.